The van der Waals surface area contributed by atoms with Gasteiger partial charge in [0.15, 0.2) is 0 Å². The molecule has 68 valence electrons. The van der Waals surface area contributed by atoms with Gasteiger partial charge in [0.25, 0.3) is 0 Å². The lowest BCUT2D eigenvalue weighted by Gasteiger charge is -2.24. The highest BCUT2D eigenvalue weighted by atomic mass is 16.2. The van der Waals surface area contributed by atoms with E-state index in [1.807, 2.05) is 0 Å². The van der Waals surface area contributed by atoms with Crippen molar-refractivity contribution in [3.05, 3.63) is 0 Å². The molecule has 1 heterocycles. The van der Waals surface area contributed by atoms with Crippen molar-refractivity contribution < 1.29 is 4.79 Å². The zero-order valence-electron chi connectivity index (χ0n) is 7.36. The van der Waals surface area contributed by atoms with Crippen LogP contribution in [0.2, 0.25) is 0 Å². The van der Waals surface area contributed by atoms with Crippen molar-refractivity contribution in [1.82, 2.24) is 10.6 Å². The zero-order valence-corrected chi connectivity index (χ0v) is 7.36. The van der Waals surface area contributed by atoms with E-state index in [1.165, 1.54) is 12.8 Å². The Kier molecular flexibility index (Phi) is 2.05. The molecule has 12 heavy (non-hydrogen) atoms. The summed E-state index contributed by atoms with van der Waals surface area (Å²) in [6, 6.07) is 0. The van der Waals surface area contributed by atoms with E-state index >= 15 is 0 Å². The minimum Gasteiger partial charge on any atom is -0.354 e. The Labute approximate surface area is 72.9 Å². The maximum atomic E-state index is 11.7. The average molecular weight is 168 g/mol. The minimum atomic E-state index is -0.0451. The van der Waals surface area contributed by atoms with E-state index in [4.69, 9.17) is 0 Å². The van der Waals surface area contributed by atoms with E-state index in [2.05, 4.69) is 10.6 Å². The molecule has 3 heteroatoms. The van der Waals surface area contributed by atoms with E-state index in [9.17, 15) is 4.79 Å². The van der Waals surface area contributed by atoms with Crippen molar-refractivity contribution in [1.29, 1.82) is 0 Å². The lowest BCUT2D eigenvalue weighted by atomic mass is 9.85. The summed E-state index contributed by atoms with van der Waals surface area (Å²) >= 11 is 0. The third-order valence-corrected chi connectivity index (χ3v) is 3.09. The van der Waals surface area contributed by atoms with Crippen LogP contribution in [0.1, 0.15) is 25.7 Å². The normalized spacial score (nSPS) is 28.5. The van der Waals surface area contributed by atoms with Crippen molar-refractivity contribution >= 4 is 5.91 Å². The maximum Gasteiger partial charge on any atom is 0.227 e. The van der Waals surface area contributed by atoms with Crippen LogP contribution in [0.25, 0.3) is 0 Å². The molecule has 2 fully saturated rings. The van der Waals surface area contributed by atoms with E-state index < -0.39 is 0 Å². The number of nitrogens with one attached hydrogen (secondary N) is 2. The Balaban J connectivity index is 2.13. The largest absolute Gasteiger partial charge is 0.354 e. The molecule has 1 saturated carbocycles. The van der Waals surface area contributed by atoms with E-state index in [0.29, 0.717) is 0 Å². The van der Waals surface area contributed by atoms with Gasteiger partial charge in [-0.1, -0.05) is 12.8 Å². The number of rotatable bonds is 0. The summed E-state index contributed by atoms with van der Waals surface area (Å²) in [5, 5.41) is 6.30. The number of hydrogen-bond acceptors (Lipinski definition) is 2. The van der Waals surface area contributed by atoms with Crippen molar-refractivity contribution in [2.24, 2.45) is 5.41 Å². The molecule has 1 saturated heterocycles. The molecule has 1 spiro atoms. The molecule has 2 aliphatic rings. The highest BCUT2D eigenvalue weighted by molar-refractivity contribution is 5.83. The summed E-state index contributed by atoms with van der Waals surface area (Å²) in [5.41, 5.74) is -0.0451. The van der Waals surface area contributed by atoms with Gasteiger partial charge in [-0.3, -0.25) is 4.79 Å². The van der Waals surface area contributed by atoms with E-state index in [1.54, 1.807) is 0 Å². The quantitative estimate of drug-likeness (QED) is 0.545. The molecular weight excluding hydrogens is 152 g/mol. The van der Waals surface area contributed by atoms with Gasteiger partial charge in [0.1, 0.15) is 0 Å². The SMILES string of the molecule is O=C1NCCNCC12CCCC2. The second-order valence-corrected chi connectivity index (χ2v) is 3.92. The van der Waals surface area contributed by atoms with Crippen molar-refractivity contribution in [2.75, 3.05) is 19.6 Å². The topological polar surface area (TPSA) is 41.1 Å². The fourth-order valence-corrected chi connectivity index (χ4v) is 2.32. The Bertz CT molecular complexity index is 185. The standard InChI is InChI=1S/C9H16N2O/c12-8-9(3-1-2-4-9)7-10-5-6-11-8/h10H,1-7H2,(H,11,12). The van der Waals surface area contributed by atoms with Gasteiger partial charge >= 0.3 is 0 Å². The average Bonchev–Trinajstić information content (AvgIpc) is 2.45. The predicted octanol–water partition coefficient (Wildman–Crippen LogP) is 0.266. The Morgan fingerprint density at radius 3 is 2.67 bits per heavy atom. The lowest BCUT2D eigenvalue weighted by molar-refractivity contribution is -0.129. The second-order valence-electron chi connectivity index (χ2n) is 3.92. The van der Waals surface area contributed by atoms with Crippen LogP contribution in [0.3, 0.4) is 0 Å². The summed E-state index contributed by atoms with van der Waals surface area (Å²) in [5.74, 6) is 0.282. The molecule has 0 aromatic heterocycles. The maximum absolute atomic E-state index is 11.7. The van der Waals surface area contributed by atoms with E-state index in [-0.39, 0.29) is 11.3 Å². The van der Waals surface area contributed by atoms with Gasteiger partial charge in [-0.2, -0.15) is 0 Å². The molecule has 1 aliphatic carbocycles. The van der Waals surface area contributed by atoms with Gasteiger partial charge in [-0.25, -0.2) is 0 Å². The second kappa shape index (κ2) is 3.05. The molecular formula is C9H16N2O. The van der Waals surface area contributed by atoms with Crippen LogP contribution < -0.4 is 10.6 Å². The number of carbonyl (C=O) groups excluding carboxylic acids is 1. The first-order valence-electron chi connectivity index (χ1n) is 4.83. The summed E-state index contributed by atoms with van der Waals surface area (Å²) in [6.45, 7) is 2.60. The third-order valence-electron chi connectivity index (χ3n) is 3.09. The van der Waals surface area contributed by atoms with Gasteiger partial charge in [-0.15, -0.1) is 0 Å². The monoisotopic (exact) mass is 168 g/mol. The Morgan fingerprint density at radius 2 is 1.92 bits per heavy atom. The van der Waals surface area contributed by atoms with Gasteiger partial charge < -0.3 is 10.6 Å². The molecule has 0 radical (unpaired) electrons. The number of amides is 1. The van der Waals surface area contributed by atoms with Gasteiger partial charge in [0.05, 0.1) is 5.41 Å². The van der Waals surface area contributed by atoms with Crippen LogP contribution in [0, 0.1) is 5.41 Å². The van der Waals surface area contributed by atoms with Gasteiger partial charge in [0.2, 0.25) is 5.91 Å². The zero-order chi connectivity index (χ0) is 8.44. The molecule has 0 unspecified atom stereocenters. The van der Waals surface area contributed by atoms with Gasteiger partial charge in [0, 0.05) is 19.6 Å². The first-order valence-corrected chi connectivity index (χ1v) is 4.83. The molecule has 0 atom stereocenters. The fraction of sp³-hybridized carbons (Fsp3) is 0.889. The third kappa shape index (κ3) is 1.22. The number of hydrogen-bond donors (Lipinski definition) is 2. The van der Waals surface area contributed by atoms with Crippen molar-refractivity contribution in [3.63, 3.8) is 0 Å². The Hall–Kier alpha value is -0.570. The fourth-order valence-electron chi connectivity index (χ4n) is 2.32. The van der Waals surface area contributed by atoms with Crippen LogP contribution in [-0.2, 0) is 4.79 Å². The lowest BCUT2D eigenvalue weighted by Crippen LogP contribution is -2.41. The van der Waals surface area contributed by atoms with Crippen molar-refractivity contribution in [2.45, 2.75) is 25.7 Å². The Morgan fingerprint density at radius 1 is 1.17 bits per heavy atom. The molecule has 3 nitrogen and oxygen atoms in total. The van der Waals surface area contributed by atoms with Crippen LogP contribution in [0.5, 0.6) is 0 Å². The molecule has 0 aromatic carbocycles. The molecule has 0 aromatic rings. The van der Waals surface area contributed by atoms with Gasteiger partial charge in [-0.05, 0) is 12.8 Å². The van der Waals surface area contributed by atoms with Crippen LogP contribution in [-0.4, -0.2) is 25.5 Å². The molecule has 1 amide bonds. The van der Waals surface area contributed by atoms with Crippen LogP contribution in [0.4, 0.5) is 0 Å². The summed E-state index contributed by atoms with van der Waals surface area (Å²) < 4.78 is 0. The summed E-state index contributed by atoms with van der Waals surface area (Å²) in [6.07, 6.45) is 4.59. The van der Waals surface area contributed by atoms with Crippen molar-refractivity contribution in [3.8, 4) is 0 Å². The minimum absolute atomic E-state index is 0.0451. The number of carbonyl (C=O) groups is 1. The van der Waals surface area contributed by atoms with E-state index in [0.717, 1.165) is 32.5 Å². The molecule has 1 aliphatic heterocycles. The molecule has 2 rings (SSSR count). The highest BCUT2D eigenvalue weighted by Gasteiger charge is 2.41. The van der Waals surface area contributed by atoms with Crippen LogP contribution in [0.15, 0.2) is 0 Å². The first kappa shape index (κ1) is 8.05. The smallest absolute Gasteiger partial charge is 0.227 e. The molecule has 2 N–H and O–H groups in total. The predicted molar refractivity (Wildman–Crippen MR) is 46.8 cm³/mol. The first-order chi connectivity index (χ1) is 5.83. The van der Waals surface area contributed by atoms with Crippen LogP contribution >= 0.6 is 0 Å². The summed E-state index contributed by atoms with van der Waals surface area (Å²) in [4.78, 5) is 11.7. The molecule has 0 bridgehead atoms. The highest BCUT2D eigenvalue weighted by Crippen LogP contribution is 2.38. The summed E-state index contributed by atoms with van der Waals surface area (Å²) in [7, 11) is 0.